The number of nitrogens with one attached hydrogen (secondary N) is 3. The molecule has 3 amide bonds. The Morgan fingerprint density at radius 2 is 1.51 bits per heavy atom. The van der Waals surface area contributed by atoms with E-state index in [-0.39, 0.29) is 18.1 Å². The predicted molar refractivity (Wildman–Crippen MR) is 144 cm³/mol. The third-order valence-corrected chi connectivity index (χ3v) is 6.43. The number of nitrogens with two attached hydrogens (primary N) is 2. The first-order valence-electron chi connectivity index (χ1n) is 12.4. The molecule has 12 heteroatoms. The van der Waals surface area contributed by atoms with Crippen LogP contribution in [0.2, 0.25) is 0 Å². The van der Waals surface area contributed by atoms with E-state index in [9.17, 15) is 29.4 Å². The first-order valence-corrected chi connectivity index (χ1v) is 13.8. The Morgan fingerprint density at radius 1 is 0.919 bits per heavy atom. The van der Waals surface area contributed by atoms with Gasteiger partial charge in [0.2, 0.25) is 17.7 Å². The van der Waals surface area contributed by atoms with E-state index in [1.165, 1.54) is 23.9 Å². The summed E-state index contributed by atoms with van der Waals surface area (Å²) in [4.78, 5) is 50.6. The molecule has 9 N–H and O–H groups in total. The molecule has 1 aromatic rings. The second kappa shape index (κ2) is 16.8. The number of rotatable bonds is 17. The fraction of sp³-hybridized carbons (Fsp3) is 0.600. The number of carboxylic acid groups (broad SMARTS) is 1. The normalized spacial score (nSPS) is 14.3. The second-order valence-corrected chi connectivity index (χ2v) is 10.2. The molecule has 37 heavy (non-hydrogen) atoms. The highest BCUT2D eigenvalue weighted by Crippen LogP contribution is 2.13. The predicted octanol–water partition coefficient (Wildman–Crippen LogP) is 0.339. The van der Waals surface area contributed by atoms with Crippen LogP contribution < -0.4 is 27.4 Å². The number of carboxylic acids is 1. The fourth-order valence-electron chi connectivity index (χ4n) is 3.54. The van der Waals surface area contributed by atoms with Gasteiger partial charge in [0, 0.05) is 6.42 Å². The number of phenols is 1. The van der Waals surface area contributed by atoms with E-state index >= 15 is 0 Å². The van der Waals surface area contributed by atoms with E-state index in [1.54, 1.807) is 26.0 Å². The lowest BCUT2D eigenvalue weighted by Gasteiger charge is -2.26. The number of carbonyl (C=O) groups is 4. The van der Waals surface area contributed by atoms with Crippen molar-refractivity contribution in [1.82, 2.24) is 16.0 Å². The van der Waals surface area contributed by atoms with Crippen molar-refractivity contribution in [2.45, 2.75) is 70.1 Å². The van der Waals surface area contributed by atoms with E-state index in [2.05, 4.69) is 16.0 Å². The summed E-state index contributed by atoms with van der Waals surface area (Å²) in [5, 5.41) is 26.9. The number of aliphatic carboxylic acids is 1. The number of thioether (sulfide) groups is 1. The van der Waals surface area contributed by atoms with Gasteiger partial charge < -0.3 is 37.6 Å². The van der Waals surface area contributed by atoms with Crippen LogP contribution in [0.4, 0.5) is 0 Å². The minimum Gasteiger partial charge on any atom is -0.508 e. The van der Waals surface area contributed by atoms with Gasteiger partial charge in [-0.3, -0.25) is 14.4 Å². The van der Waals surface area contributed by atoms with Crippen LogP contribution in [0.25, 0.3) is 0 Å². The van der Waals surface area contributed by atoms with Crippen molar-refractivity contribution in [2.24, 2.45) is 17.4 Å². The van der Waals surface area contributed by atoms with Crippen LogP contribution >= 0.6 is 11.8 Å². The number of hydrogen-bond acceptors (Lipinski definition) is 8. The average molecular weight is 540 g/mol. The van der Waals surface area contributed by atoms with Crippen molar-refractivity contribution in [2.75, 3.05) is 18.6 Å². The first-order chi connectivity index (χ1) is 17.5. The van der Waals surface area contributed by atoms with E-state index in [0.29, 0.717) is 37.1 Å². The lowest BCUT2D eigenvalue weighted by atomic mass is 10.0. The van der Waals surface area contributed by atoms with Crippen LogP contribution in [0, 0.1) is 5.92 Å². The van der Waals surface area contributed by atoms with Gasteiger partial charge in [-0.1, -0.05) is 32.4 Å². The quantitative estimate of drug-likeness (QED) is 0.136. The lowest BCUT2D eigenvalue weighted by Crippen LogP contribution is -2.58. The number of hydrogen-bond donors (Lipinski definition) is 7. The summed E-state index contributed by atoms with van der Waals surface area (Å²) in [5.41, 5.74) is 12.1. The average Bonchev–Trinajstić information content (AvgIpc) is 2.85. The summed E-state index contributed by atoms with van der Waals surface area (Å²) in [6.45, 7) is 3.83. The molecular formula is C25H41N5O6S. The maximum Gasteiger partial charge on any atom is 0.326 e. The first kappa shape index (κ1) is 32.2. The van der Waals surface area contributed by atoms with Crippen molar-refractivity contribution in [3.8, 4) is 5.75 Å². The molecule has 1 aromatic carbocycles. The van der Waals surface area contributed by atoms with Gasteiger partial charge in [0.05, 0.1) is 6.04 Å². The molecule has 0 aromatic heterocycles. The highest BCUT2D eigenvalue weighted by molar-refractivity contribution is 7.98. The molecule has 11 nitrogen and oxygen atoms in total. The smallest absolute Gasteiger partial charge is 0.326 e. The second-order valence-electron chi connectivity index (χ2n) is 9.23. The number of phenolic OH excluding ortho intramolecular Hbond substituents is 1. The molecular weight excluding hydrogens is 498 g/mol. The van der Waals surface area contributed by atoms with E-state index in [0.717, 1.165) is 6.42 Å². The van der Waals surface area contributed by atoms with Crippen molar-refractivity contribution in [1.29, 1.82) is 0 Å². The molecule has 0 aliphatic heterocycles. The summed E-state index contributed by atoms with van der Waals surface area (Å²) < 4.78 is 0. The molecule has 4 unspecified atom stereocenters. The van der Waals surface area contributed by atoms with Gasteiger partial charge in [-0.15, -0.1) is 0 Å². The van der Waals surface area contributed by atoms with E-state index in [1.807, 2.05) is 6.26 Å². The molecule has 0 saturated heterocycles. The van der Waals surface area contributed by atoms with Crippen molar-refractivity contribution < 1.29 is 29.4 Å². The molecule has 0 radical (unpaired) electrons. The molecule has 0 aliphatic rings. The Kier molecular flexibility index (Phi) is 14.6. The molecule has 0 fully saturated rings. The monoisotopic (exact) mass is 539 g/mol. The Labute approximate surface area is 222 Å². The summed E-state index contributed by atoms with van der Waals surface area (Å²) in [6, 6.07) is 2.11. The van der Waals surface area contributed by atoms with Crippen molar-refractivity contribution in [3.63, 3.8) is 0 Å². The van der Waals surface area contributed by atoms with Gasteiger partial charge in [-0.2, -0.15) is 11.8 Å². The zero-order valence-corrected chi connectivity index (χ0v) is 22.6. The van der Waals surface area contributed by atoms with Crippen LogP contribution in [0.5, 0.6) is 5.75 Å². The van der Waals surface area contributed by atoms with Gasteiger partial charge in [0.1, 0.15) is 23.9 Å². The van der Waals surface area contributed by atoms with Gasteiger partial charge >= 0.3 is 5.97 Å². The van der Waals surface area contributed by atoms with Gasteiger partial charge in [-0.25, -0.2) is 4.79 Å². The Hall–Kier alpha value is -2.83. The molecule has 0 spiro atoms. The maximum absolute atomic E-state index is 13.3. The summed E-state index contributed by atoms with van der Waals surface area (Å²) in [6.07, 6.45) is 4.07. The number of carbonyl (C=O) groups excluding carboxylic acids is 3. The molecule has 4 atom stereocenters. The van der Waals surface area contributed by atoms with Gasteiger partial charge in [0.25, 0.3) is 0 Å². The number of aromatic hydroxyl groups is 1. The highest BCUT2D eigenvalue weighted by Gasteiger charge is 2.31. The summed E-state index contributed by atoms with van der Waals surface area (Å²) >= 11 is 1.50. The van der Waals surface area contributed by atoms with Crippen LogP contribution in [0.3, 0.4) is 0 Å². The highest BCUT2D eigenvalue weighted by atomic mass is 32.2. The fourth-order valence-corrected chi connectivity index (χ4v) is 4.01. The van der Waals surface area contributed by atoms with E-state index < -0.39 is 47.9 Å². The molecule has 1 rings (SSSR count). The zero-order valence-electron chi connectivity index (χ0n) is 21.7. The SMILES string of the molecule is CSCCC(NC(=O)C(N)CCCCN)C(=O)NC(Cc1ccc(O)cc1)C(=O)NC(C(=O)O)C(C)C. The third-order valence-electron chi connectivity index (χ3n) is 5.79. The Balaban J connectivity index is 3.08. The molecule has 0 aliphatic carbocycles. The van der Waals surface area contributed by atoms with Crippen LogP contribution in [0.1, 0.15) is 45.1 Å². The number of benzene rings is 1. The maximum atomic E-state index is 13.3. The standard InChI is InChI=1S/C25H41N5O6S/c1-15(2)21(25(35)36)30-24(34)20(14-16-7-9-17(31)10-8-16)29-23(33)19(11-13-37-3)28-22(32)18(27)6-4-5-12-26/h7-10,15,18-21,31H,4-6,11-14,26-27H2,1-3H3,(H,28,32)(H,29,33)(H,30,34)(H,35,36). The van der Waals surface area contributed by atoms with Crippen LogP contribution in [-0.4, -0.2) is 76.6 Å². The molecule has 0 bridgehead atoms. The minimum atomic E-state index is -1.19. The van der Waals surface area contributed by atoms with Gasteiger partial charge in [0.15, 0.2) is 0 Å². The van der Waals surface area contributed by atoms with Crippen LogP contribution in [0.15, 0.2) is 24.3 Å². The summed E-state index contributed by atoms with van der Waals surface area (Å²) in [7, 11) is 0. The molecule has 0 heterocycles. The Bertz CT molecular complexity index is 883. The van der Waals surface area contributed by atoms with Crippen molar-refractivity contribution in [3.05, 3.63) is 29.8 Å². The van der Waals surface area contributed by atoms with Crippen molar-refractivity contribution >= 4 is 35.5 Å². The van der Waals surface area contributed by atoms with Crippen LogP contribution in [-0.2, 0) is 25.6 Å². The number of unbranched alkanes of at least 4 members (excludes halogenated alkanes) is 1. The molecule has 208 valence electrons. The minimum absolute atomic E-state index is 0.0437. The Morgan fingerprint density at radius 3 is 2.05 bits per heavy atom. The largest absolute Gasteiger partial charge is 0.508 e. The van der Waals surface area contributed by atoms with E-state index in [4.69, 9.17) is 11.5 Å². The third kappa shape index (κ3) is 11.8. The van der Waals surface area contributed by atoms with Gasteiger partial charge in [-0.05, 0) is 61.4 Å². The summed E-state index contributed by atoms with van der Waals surface area (Å²) in [5.74, 6) is -2.68. The number of amides is 3. The lowest BCUT2D eigenvalue weighted by molar-refractivity contribution is -0.143. The topological polar surface area (TPSA) is 197 Å². The zero-order chi connectivity index (χ0) is 28.0. The molecule has 0 saturated carbocycles.